The Kier molecular flexibility index (Phi) is 6.24. The summed E-state index contributed by atoms with van der Waals surface area (Å²) in [6, 6.07) is 29.8. The molecule has 0 aliphatic carbocycles. The van der Waals surface area contributed by atoms with Crippen molar-refractivity contribution in [2.45, 2.75) is 12.5 Å². The first kappa shape index (κ1) is 20.2. The standard InChI is InChI=1S/C26H22N2O3/c29-25(27-18-23-12-7-17-31-23)21-13-15-22(16-14-21)28-26(30)24(19-8-3-1-4-9-19)20-10-5-2-6-11-20/h1-17,24H,18H2,(H,27,29)(H,28,30). The molecule has 0 fully saturated rings. The summed E-state index contributed by atoms with van der Waals surface area (Å²) in [5, 5.41) is 5.78. The van der Waals surface area contributed by atoms with Gasteiger partial charge < -0.3 is 15.1 Å². The van der Waals surface area contributed by atoms with Crippen LogP contribution in [0.15, 0.2) is 108 Å². The number of carbonyl (C=O) groups is 2. The van der Waals surface area contributed by atoms with Crippen LogP contribution in [-0.4, -0.2) is 11.8 Å². The fourth-order valence-electron chi connectivity index (χ4n) is 3.39. The Labute approximate surface area is 180 Å². The first-order valence-corrected chi connectivity index (χ1v) is 10.0. The predicted molar refractivity (Wildman–Crippen MR) is 120 cm³/mol. The molecule has 0 unspecified atom stereocenters. The number of benzene rings is 3. The Morgan fingerprint density at radius 1 is 0.742 bits per heavy atom. The molecule has 5 nitrogen and oxygen atoms in total. The largest absolute Gasteiger partial charge is 0.467 e. The summed E-state index contributed by atoms with van der Waals surface area (Å²) in [6.07, 6.45) is 1.57. The normalized spacial score (nSPS) is 10.6. The van der Waals surface area contributed by atoms with Gasteiger partial charge in [-0.15, -0.1) is 0 Å². The topological polar surface area (TPSA) is 71.3 Å². The zero-order valence-electron chi connectivity index (χ0n) is 16.8. The molecule has 0 aliphatic rings. The van der Waals surface area contributed by atoms with Crippen molar-refractivity contribution in [3.63, 3.8) is 0 Å². The van der Waals surface area contributed by atoms with E-state index in [1.165, 1.54) is 0 Å². The molecule has 1 aromatic heterocycles. The minimum Gasteiger partial charge on any atom is -0.467 e. The zero-order valence-corrected chi connectivity index (χ0v) is 16.8. The SMILES string of the molecule is O=C(NCc1ccco1)c1ccc(NC(=O)C(c2ccccc2)c2ccccc2)cc1. The van der Waals surface area contributed by atoms with Crippen molar-refractivity contribution in [2.75, 3.05) is 5.32 Å². The van der Waals surface area contributed by atoms with E-state index in [-0.39, 0.29) is 11.8 Å². The van der Waals surface area contributed by atoms with E-state index in [9.17, 15) is 9.59 Å². The highest BCUT2D eigenvalue weighted by atomic mass is 16.3. The Hall–Kier alpha value is -4.12. The molecule has 0 spiro atoms. The second-order valence-corrected chi connectivity index (χ2v) is 7.08. The van der Waals surface area contributed by atoms with Crippen molar-refractivity contribution in [3.05, 3.63) is 126 Å². The molecule has 2 amide bonds. The molecule has 1 heterocycles. The van der Waals surface area contributed by atoms with Crippen LogP contribution >= 0.6 is 0 Å². The van der Waals surface area contributed by atoms with E-state index in [0.29, 0.717) is 23.6 Å². The number of nitrogens with one attached hydrogen (secondary N) is 2. The van der Waals surface area contributed by atoms with Crippen LogP contribution in [0.5, 0.6) is 0 Å². The Morgan fingerprint density at radius 2 is 1.35 bits per heavy atom. The van der Waals surface area contributed by atoms with Gasteiger partial charge in [-0.2, -0.15) is 0 Å². The van der Waals surface area contributed by atoms with E-state index in [2.05, 4.69) is 10.6 Å². The van der Waals surface area contributed by atoms with Crippen LogP contribution in [0.25, 0.3) is 0 Å². The third-order valence-electron chi connectivity index (χ3n) is 4.95. The molecule has 4 rings (SSSR count). The van der Waals surface area contributed by atoms with Gasteiger partial charge in [0.25, 0.3) is 5.91 Å². The van der Waals surface area contributed by atoms with Crippen molar-refractivity contribution in [2.24, 2.45) is 0 Å². The third-order valence-corrected chi connectivity index (χ3v) is 4.95. The van der Waals surface area contributed by atoms with Gasteiger partial charge in [0.05, 0.1) is 18.7 Å². The summed E-state index contributed by atoms with van der Waals surface area (Å²) in [5.41, 5.74) is 2.97. The van der Waals surface area contributed by atoms with E-state index in [1.54, 1.807) is 42.7 Å². The van der Waals surface area contributed by atoms with Crippen LogP contribution in [0, 0.1) is 0 Å². The van der Waals surface area contributed by atoms with Crippen molar-refractivity contribution in [3.8, 4) is 0 Å². The van der Waals surface area contributed by atoms with Gasteiger partial charge in [-0.05, 0) is 47.5 Å². The number of rotatable bonds is 7. The van der Waals surface area contributed by atoms with Gasteiger partial charge in [0.2, 0.25) is 5.91 Å². The lowest BCUT2D eigenvalue weighted by Crippen LogP contribution is -2.23. The summed E-state index contributed by atoms with van der Waals surface area (Å²) in [6.45, 7) is 0.320. The van der Waals surface area contributed by atoms with Crippen LogP contribution in [0.2, 0.25) is 0 Å². The van der Waals surface area contributed by atoms with Gasteiger partial charge in [0.15, 0.2) is 0 Å². The molecular formula is C26H22N2O3. The van der Waals surface area contributed by atoms with E-state index >= 15 is 0 Å². The summed E-state index contributed by atoms with van der Waals surface area (Å²) in [5.74, 6) is -0.0862. The second-order valence-electron chi connectivity index (χ2n) is 7.08. The molecule has 4 aromatic rings. The molecule has 0 aliphatic heterocycles. The Morgan fingerprint density at radius 3 is 1.90 bits per heavy atom. The van der Waals surface area contributed by atoms with Crippen LogP contribution in [0.1, 0.15) is 33.2 Å². The lowest BCUT2D eigenvalue weighted by atomic mass is 9.90. The number of anilines is 1. The van der Waals surface area contributed by atoms with Crippen LogP contribution in [0.4, 0.5) is 5.69 Å². The molecule has 0 bridgehead atoms. The highest BCUT2D eigenvalue weighted by molar-refractivity contribution is 5.99. The van der Waals surface area contributed by atoms with Crippen molar-refractivity contribution >= 4 is 17.5 Å². The summed E-state index contributed by atoms with van der Waals surface area (Å²) in [7, 11) is 0. The van der Waals surface area contributed by atoms with E-state index in [0.717, 1.165) is 11.1 Å². The third kappa shape index (κ3) is 5.08. The Balaban J connectivity index is 1.46. The number of furan rings is 1. The average molecular weight is 410 g/mol. The molecule has 2 N–H and O–H groups in total. The number of hydrogen-bond acceptors (Lipinski definition) is 3. The summed E-state index contributed by atoms with van der Waals surface area (Å²) in [4.78, 5) is 25.5. The number of amides is 2. The zero-order chi connectivity index (χ0) is 21.5. The predicted octanol–water partition coefficient (Wildman–Crippen LogP) is 4.98. The van der Waals surface area contributed by atoms with Gasteiger partial charge >= 0.3 is 0 Å². The van der Waals surface area contributed by atoms with Crippen LogP contribution in [0.3, 0.4) is 0 Å². The highest BCUT2D eigenvalue weighted by Crippen LogP contribution is 2.26. The maximum atomic E-state index is 13.2. The molecule has 0 radical (unpaired) electrons. The minimum atomic E-state index is -0.432. The fourth-order valence-corrected chi connectivity index (χ4v) is 3.39. The lowest BCUT2D eigenvalue weighted by Gasteiger charge is -2.18. The minimum absolute atomic E-state index is 0.132. The number of carbonyl (C=O) groups excluding carboxylic acids is 2. The van der Waals surface area contributed by atoms with E-state index in [1.807, 2.05) is 60.7 Å². The molecule has 0 atom stereocenters. The van der Waals surface area contributed by atoms with Gasteiger partial charge in [0.1, 0.15) is 5.76 Å². The quantitative estimate of drug-likeness (QED) is 0.451. The van der Waals surface area contributed by atoms with Gasteiger partial charge in [-0.1, -0.05) is 60.7 Å². The number of hydrogen-bond donors (Lipinski definition) is 2. The molecule has 0 saturated carbocycles. The van der Waals surface area contributed by atoms with E-state index < -0.39 is 5.92 Å². The van der Waals surface area contributed by atoms with Crippen molar-refractivity contribution in [1.82, 2.24) is 5.32 Å². The maximum absolute atomic E-state index is 13.2. The maximum Gasteiger partial charge on any atom is 0.251 e. The van der Waals surface area contributed by atoms with Crippen LogP contribution in [-0.2, 0) is 11.3 Å². The molecule has 0 saturated heterocycles. The van der Waals surface area contributed by atoms with Crippen molar-refractivity contribution < 1.29 is 14.0 Å². The smallest absolute Gasteiger partial charge is 0.251 e. The summed E-state index contributed by atoms with van der Waals surface area (Å²) >= 11 is 0. The monoisotopic (exact) mass is 410 g/mol. The molecule has 3 aromatic carbocycles. The Bertz CT molecular complexity index is 1080. The first-order valence-electron chi connectivity index (χ1n) is 10.0. The molecule has 31 heavy (non-hydrogen) atoms. The van der Waals surface area contributed by atoms with E-state index in [4.69, 9.17) is 4.42 Å². The van der Waals surface area contributed by atoms with Crippen LogP contribution < -0.4 is 10.6 Å². The lowest BCUT2D eigenvalue weighted by molar-refractivity contribution is -0.116. The molecule has 154 valence electrons. The fraction of sp³-hybridized carbons (Fsp3) is 0.0769. The summed E-state index contributed by atoms with van der Waals surface area (Å²) < 4.78 is 5.22. The highest BCUT2D eigenvalue weighted by Gasteiger charge is 2.22. The first-order chi connectivity index (χ1) is 15.2. The van der Waals surface area contributed by atoms with Gasteiger partial charge in [-0.25, -0.2) is 0 Å². The van der Waals surface area contributed by atoms with Gasteiger partial charge in [0, 0.05) is 11.3 Å². The molecular weight excluding hydrogens is 388 g/mol. The van der Waals surface area contributed by atoms with Gasteiger partial charge in [-0.3, -0.25) is 9.59 Å². The molecule has 5 heteroatoms. The second kappa shape index (κ2) is 9.59. The van der Waals surface area contributed by atoms with Crippen molar-refractivity contribution in [1.29, 1.82) is 0 Å². The average Bonchev–Trinajstić information content (AvgIpc) is 3.33.